The topological polar surface area (TPSA) is 269 Å². The molecule has 8 unspecified atom stereocenters. The SMILES string of the molecule is Cl.Clc1ncc(Br)cn1.FC1(F)C2CN(c3ncc(Br)cn3)CC21.FC1(F)C2CNCC21.Nc1ccnc(-c2cnc(N3CC4C(C3)C4(F)F)nc2)n1.Nc1ccnc(Cl)n1.OB(O)c1cnc(N2CC3C(C2)C3(F)F)nc1. The van der Waals surface area contributed by atoms with Gasteiger partial charge in [0, 0.05) is 132 Å². The van der Waals surface area contributed by atoms with Crippen LogP contribution in [-0.2, 0) is 0 Å². The Kier molecular flexibility index (Phi) is 17.7. The third kappa shape index (κ3) is 13.3. The van der Waals surface area contributed by atoms with Gasteiger partial charge in [-0.25, -0.2) is 94.9 Å². The normalized spacial score (nSPS) is 26.2. The molecule has 0 spiro atoms. The predicted molar refractivity (Wildman–Crippen MR) is 280 cm³/mol. The number of halogens is 13. The smallest absolute Gasteiger partial charge is 0.423 e. The molecule has 6 aromatic rings. The molecular formula is C44H44BBr2Cl3F8N18O2. The third-order valence-electron chi connectivity index (χ3n) is 13.9. The van der Waals surface area contributed by atoms with E-state index in [0.29, 0.717) is 80.1 Å². The Morgan fingerprint density at radius 3 is 1.17 bits per heavy atom. The van der Waals surface area contributed by atoms with Gasteiger partial charge in [-0.15, -0.1) is 12.4 Å². The molecule has 8 atom stereocenters. The van der Waals surface area contributed by atoms with Crippen LogP contribution in [0.25, 0.3) is 11.4 Å². The number of nitrogens with one attached hydrogen (secondary N) is 1. The first-order valence-electron chi connectivity index (χ1n) is 23.4. The largest absolute Gasteiger partial charge is 0.491 e. The van der Waals surface area contributed by atoms with E-state index in [1.54, 1.807) is 65.3 Å². The Bertz CT molecular complexity index is 2910. The van der Waals surface area contributed by atoms with Crippen molar-refractivity contribution in [3.63, 3.8) is 0 Å². The number of nitrogens with zero attached hydrogens (tertiary/aromatic N) is 15. The van der Waals surface area contributed by atoms with Gasteiger partial charge in [0.15, 0.2) is 5.82 Å². The minimum absolute atomic E-state index is 0. The summed E-state index contributed by atoms with van der Waals surface area (Å²) in [6, 6.07) is 3.17. The van der Waals surface area contributed by atoms with Gasteiger partial charge in [0.05, 0.1) is 50.0 Å². The summed E-state index contributed by atoms with van der Waals surface area (Å²) in [4.78, 5) is 52.5. The van der Waals surface area contributed by atoms with Gasteiger partial charge in [0.25, 0.3) is 23.7 Å². The van der Waals surface area contributed by atoms with Gasteiger partial charge in [-0.1, -0.05) is 0 Å². The fourth-order valence-corrected chi connectivity index (χ4v) is 9.94. The van der Waals surface area contributed by atoms with Crippen molar-refractivity contribution in [2.75, 3.05) is 78.5 Å². The molecule has 0 amide bonds. The van der Waals surface area contributed by atoms with E-state index >= 15 is 0 Å². The fourth-order valence-electron chi connectivity index (χ4n) is 9.28. The molecule has 4 saturated heterocycles. The maximum atomic E-state index is 13.2. The molecule has 4 aliphatic carbocycles. The Balaban J connectivity index is 0.000000128. The maximum Gasteiger partial charge on any atom is 0.491 e. The van der Waals surface area contributed by atoms with E-state index in [1.807, 2.05) is 4.90 Å². The lowest BCUT2D eigenvalue weighted by Crippen LogP contribution is -2.33. The summed E-state index contributed by atoms with van der Waals surface area (Å²) in [6.45, 7) is 2.95. The lowest BCUT2D eigenvalue weighted by Gasteiger charge is -2.19. The Hall–Kier alpha value is -5.31. The number of nitrogens with two attached hydrogens (primary N) is 2. The first kappa shape index (κ1) is 58.8. The van der Waals surface area contributed by atoms with E-state index in [2.05, 4.69) is 97.0 Å². The number of alkyl halides is 8. The van der Waals surface area contributed by atoms with Crippen LogP contribution in [0.15, 0.2) is 83.0 Å². The summed E-state index contributed by atoms with van der Waals surface area (Å²) >= 11 is 17.1. The van der Waals surface area contributed by atoms with Crippen molar-refractivity contribution < 1.29 is 45.2 Å². The van der Waals surface area contributed by atoms with Crippen molar-refractivity contribution in [2.45, 2.75) is 23.7 Å². The van der Waals surface area contributed by atoms with Gasteiger partial charge in [-0.2, -0.15) is 0 Å². The second kappa shape index (κ2) is 23.4. The molecule has 8 fully saturated rings. The minimum atomic E-state index is -2.52. The molecule has 34 heteroatoms. The fraction of sp³-hybridized carbons (Fsp3) is 0.455. The average molecular weight is 1290 g/mol. The number of nitrogen functional groups attached to an aromatic ring is 2. The van der Waals surface area contributed by atoms with E-state index < -0.39 is 66.3 Å². The quantitative estimate of drug-likeness (QED) is 0.0809. The average Bonchev–Trinajstić information content (AvgIpc) is 4.03. The van der Waals surface area contributed by atoms with Crippen molar-refractivity contribution in [3.8, 4) is 11.4 Å². The molecule has 10 heterocycles. The second-order valence-electron chi connectivity index (χ2n) is 18.8. The standard InChI is InChI=1S/C13H12F2N6.C9H10BF2N3O2.C9H8BrF2N3.C5H7F2N.C4H2BrClN2.C4H4ClN3.ClH/c14-13(15)8-5-21(6-9(8)13)12-18-3-7(4-19-12)11-17-2-1-10(16)20-11;11-9(12)6-3-15(4-7(6)9)8-13-1-5(2-14-8)10(16)17;10-5-1-13-8(14-2-5)15-3-6-7(4-15)9(6,11)12;6-5(7)3-1-8-2-4(3)5;5-3-1-7-4(6)8-2-3;5-4-7-2-1-3(6)8-4;/h1-4,8-9H,5-6H2,(H2,16,17,20);1-2,6-7,16-17H,3-4H2;1-2,6-7H,3-4H2;3-4,8H,1-2H2;1-2H;1-2H,(H2,6,7,8);1H. The second-order valence-corrected chi connectivity index (χ2v) is 21.3. The highest BCUT2D eigenvalue weighted by Crippen LogP contribution is 2.61. The molecule has 4 saturated carbocycles. The van der Waals surface area contributed by atoms with Crippen molar-refractivity contribution >= 4 is 110 Å². The lowest BCUT2D eigenvalue weighted by molar-refractivity contribution is 0.0761. The summed E-state index contributed by atoms with van der Waals surface area (Å²) < 4.78 is 104. The van der Waals surface area contributed by atoms with Crippen molar-refractivity contribution in [1.82, 2.24) is 65.1 Å². The van der Waals surface area contributed by atoms with Crippen LogP contribution >= 0.6 is 67.5 Å². The van der Waals surface area contributed by atoms with E-state index in [4.69, 9.17) is 44.7 Å². The summed E-state index contributed by atoms with van der Waals surface area (Å²) in [5, 5.41) is 21.1. The molecule has 14 rings (SSSR count). The molecule has 0 radical (unpaired) electrons. The minimum Gasteiger partial charge on any atom is -0.423 e. The van der Waals surface area contributed by atoms with E-state index in [9.17, 15) is 35.1 Å². The van der Waals surface area contributed by atoms with Crippen LogP contribution in [0.4, 0.5) is 64.6 Å². The zero-order valence-corrected chi connectivity index (χ0v) is 45.5. The van der Waals surface area contributed by atoms with Crippen LogP contribution in [0.5, 0.6) is 0 Å². The highest BCUT2D eigenvalue weighted by Gasteiger charge is 2.74. The van der Waals surface area contributed by atoms with Crippen LogP contribution in [0.1, 0.15) is 0 Å². The first-order valence-corrected chi connectivity index (χ1v) is 25.7. The third-order valence-corrected chi connectivity index (χ3v) is 15.1. The summed E-state index contributed by atoms with van der Waals surface area (Å²) in [5.41, 5.74) is 11.6. The zero-order chi connectivity index (χ0) is 55.2. The summed E-state index contributed by atoms with van der Waals surface area (Å²) in [7, 11) is -1.61. The molecule has 4 aliphatic heterocycles. The number of anilines is 5. The molecule has 6 aromatic heterocycles. The first-order chi connectivity index (χ1) is 36.4. The predicted octanol–water partition coefficient (Wildman–Crippen LogP) is 5.51. The van der Waals surface area contributed by atoms with Crippen molar-refractivity contribution in [1.29, 1.82) is 0 Å². The number of hydrogen-bond donors (Lipinski definition) is 5. The highest BCUT2D eigenvalue weighted by molar-refractivity contribution is 9.10. The van der Waals surface area contributed by atoms with Crippen molar-refractivity contribution in [2.24, 2.45) is 47.3 Å². The molecule has 8 aliphatic rings. The van der Waals surface area contributed by atoms with E-state index in [-0.39, 0.29) is 53.4 Å². The van der Waals surface area contributed by atoms with Gasteiger partial charge in [0.1, 0.15) is 11.6 Å². The molecule has 78 heavy (non-hydrogen) atoms. The molecular weight excluding hydrogens is 1240 g/mol. The Morgan fingerprint density at radius 1 is 0.500 bits per heavy atom. The molecule has 0 aromatic carbocycles. The van der Waals surface area contributed by atoms with Gasteiger partial charge in [-0.3, -0.25) is 0 Å². The van der Waals surface area contributed by atoms with Gasteiger partial charge < -0.3 is 41.5 Å². The van der Waals surface area contributed by atoms with Crippen LogP contribution in [-0.4, -0.2) is 153 Å². The molecule has 0 bridgehead atoms. The number of hydrogen-bond acceptors (Lipinski definition) is 20. The van der Waals surface area contributed by atoms with Crippen LogP contribution in [0, 0.1) is 47.3 Å². The van der Waals surface area contributed by atoms with E-state index in [1.165, 1.54) is 18.6 Å². The summed E-state index contributed by atoms with van der Waals surface area (Å²) in [6.07, 6.45) is 15.2. The van der Waals surface area contributed by atoms with Gasteiger partial charge >= 0.3 is 7.12 Å². The molecule has 20 nitrogen and oxygen atoms in total. The van der Waals surface area contributed by atoms with Crippen molar-refractivity contribution in [3.05, 3.63) is 93.6 Å². The number of piperidine rings is 4. The zero-order valence-electron chi connectivity index (χ0n) is 40.0. The Morgan fingerprint density at radius 2 is 0.846 bits per heavy atom. The number of rotatable bonds is 5. The van der Waals surface area contributed by atoms with Gasteiger partial charge in [0.2, 0.25) is 28.4 Å². The van der Waals surface area contributed by atoms with Crippen LogP contribution in [0.3, 0.4) is 0 Å². The van der Waals surface area contributed by atoms with Gasteiger partial charge in [-0.05, 0) is 67.2 Å². The highest BCUT2D eigenvalue weighted by atomic mass is 79.9. The number of aromatic nitrogens is 12. The monoisotopic (exact) mass is 1280 g/mol. The van der Waals surface area contributed by atoms with E-state index in [0.717, 1.165) is 8.95 Å². The van der Waals surface area contributed by atoms with Crippen LogP contribution < -0.4 is 36.9 Å². The summed E-state index contributed by atoms with van der Waals surface area (Å²) in [5.74, 6) is -11.0. The van der Waals surface area contributed by atoms with Crippen LogP contribution in [0.2, 0.25) is 10.6 Å². The Labute approximate surface area is 471 Å². The molecule has 7 N–H and O–H groups in total. The lowest BCUT2D eigenvalue weighted by atomic mass is 9.83. The molecule has 416 valence electrons. The number of fused-ring (bicyclic) bond motifs is 4. The maximum absolute atomic E-state index is 13.2.